The summed E-state index contributed by atoms with van der Waals surface area (Å²) in [6.45, 7) is 1.47. The maximum atomic E-state index is 12.9. The summed E-state index contributed by atoms with van der Waals surface area (Å²) in [6, 6.07) is 9.76. The molecule has 0 spiro atoms. The molecule has 0 radical (unpaired) electrons. The predicted octanol–water partition coefficient (Wildman–Crippen LogP) is 2.49. The number of halogens is 1. The van der Waals surface area contributed by atoms with E-state index in [0.717, 1.165) is 4.90 Å². The van der Waals surface area contributed by atoms with E-state index in [9.17, 15) is 18.8 Å². The van der Waals surface area contributed by atoms with Crippen LogP contribution >= 0.6 is 0 Å². The Labute approximate surface area is 173 Å². The second-order valence-electron chi connectivity index (χ2n) is 6.18. The first kappa shape index (κ1) is 22.7. The Kier molecular flexibility index (Phi) is 8.16. The number of hydrogen-bond donors (Lipinski definition) is 1. The molecule has 0 fully saturated rings. The number of hydrogen-bond acceptors (Lipinski definition) is 6. The Morgan fingerprint density at radius 1 is 1.07 bits per heavy atom. The van der Waals surface area contributed by atoms with Crippen molar-refractivity contribution in [3.05, 3.63) is 53.8 Å². The minimum atomic E-state index is -0.714. The Hall–Kier alpha value is -3.62. The molecule has 0 aliphatic heterocycles. The Balaban J connectivity index is 1.85. The summed E-state index contributed by atoms with van der Waals surface area (Å²) in [5, 5.41) is 2.54. The first-order chi connectivity index (χ1) is 14.3. The van der Waals surface area contributed by atoms with Gasteiger partial charge in [0.15, 0.2) is 18.1 Å². The lowest BCUT2D eigenvalue weighted by molar-refractivity contribution is -0.136. The van der Waals surface area contributed by atoms with E-state index < -0.39 is 30.2 Å². The zero-order chi connectivity index (χ0) is 22.1. The predicted molar refractivity (Wildman–Crippen MR) is 107 cm³/mol. The van der Waals surface area contributed by atoms with Crippen molar-refractivity contribution in [1.29, 1.82) is 0 Å². The van der Waals surface area contributed by atoms with Crippen molar-refractivity contribution < 1.29 is 33.0 Å². The van der Waals surface area contributed by atoms with Gasteiger partial charge in [0.05, 0.1) is 25.8 Å². The monoisotopic (exact) mass is 418 g/mol. The van der Waals surface area contributed by atoms with Gasteiger partial charge >= 0.3 is 5.97 Å². The quantitative estimate of drug-likeness (QED) is 0.629. The number of benzene rings is 2. The average Bonchev–Trinajstić information content (AvgIpc) is 2.73. The molecule has 0 saturated carbocycles. The third-order valence-electron chi connectivity index (χ3n) is 3.96. The summed E-state index contributed by atoms with van der Waals surface area (Å²) < 4.78 is 28.5. The maximum absolute atomic E-state index is 12.9. The number of ether oxygens (including phenoxy) is 3. The fraction of sp³-hybridized carbons (Fsp3) is 0.286. The van der Waals surface area contributed by atoms with Crippen LogP contribution in [0.5, 0.6) is 11.5 Å². The van der Waals surface area contributed by atoms with Gasteiger partial charge in [-0.1, -0.05) is 0 Å². The number of amides is 2. The number of rotatable bonds is 9. The third-order valence-corrected chi connectivity index (χ3v) is 3.96. The number of nitrogens with one attached hydrogen (secondary N) is 1. The van der Waals surface area contributed by atoms with Crippen LogP contribution in [-0.4, -0.2) is 56.6 Å². The van der Waals surface area contributed by atoms with Crippen LogP contribution in [0.2, 0.25) is 0 Å². The molecule has 0 unspecified atom stereocenters. The first-order valence-electron chi connectivity index (χ1n) is 9.11. The smallest absolute Gasteiger partial charge is 0.338 e. The third kappa shape index (κ3) is 6.47. The molecular formula is C21H23FN2O6. The normalized spacial score (nSPS) is 10.1. The van der Waals surface area contributed by atoms with Crippen molar-refractivity contribution in [2.45, 2.75) is 6.92 Å². The Bertz CT molecular complexity index is 901. The number of esters is 1. The van der Waals surface area contributed by atoms with Crippen LogP contribution in [-0.2, 0) is 14.3 Å². The maximum Gasteiger partial charge on any atom is 0.338 e. The molecule has 2 aromatic rings. The zero-order valence-corrected chi connectivity index (χ0v) is 16.9. The van der Waals surface area contributed by atoms with E-state index in [-0.39, 0.29) is 12.1 Å². The number of likely N-dealkylation sites (N-methyl/N-ethyl adjacent to an activating group) is 1. The molecular weight excluding hydrogens is 395 g/mol. The van der Waals surface area contributed by atoms with E-state index in [1.165, 1.54) is 50.6 Å². The molecule has 0 aromatic heterocycles. The molecule has 0 saturated heterocycles. The molecule has 30 heavy (non-hydrogen) atoms. The van der Waals surface area contributed by atoms with Crippen LogP contribution in [0.25, 0.3) is 0 Å². The lowest BCUT2D eigenvalue weighted by Gasteiger charge is -2.17. The number of nitrogens with zero attached hydrogens (tertiary/aromatic N) is 1. The van der Waals surface area contributed by atoms with Crippen LogP contribution in [0.15, 0.2) is 42.5 Å². The fourth-order valence-electron chi connectivity index (χ4n) is 2.43. The lowest BCUT2D eigenvalue weighted by Crippen LogP contribution is -2.37. The molecule has 2 rings (SSSR count). The molecule has 0 aliphatic rings. The van der Waals surface area contributed by atoms with Crippen molar-refractivity contribution in [2.24, 2.45) is 0 Å². The van der Waals surface area contributed by atoms with E-state index in [0.29, 0.717) is 23.8 Å². The number of carbonyl (C=O) groups is 3. The second kappa shape index (κ2) is 10.8. The van der Waals surface area contributed by atoms with E-state index in [4.69, 9.17) is 14.2 Å². The minimum Gasteiger partial charge on any atom is -0.493 e. The van der Waals surface area contributed by atoms with Crippen LogP contribution in [0.4, 0.5) is 10.1 Å². The van der Waals surface area contributed by atoms with Gasteiger partial charge in [-0.3, -0.25) is 9.59 Å². The topological polar surface area (TPSA) is 94.2 Å². The summed E-state index contributed by atoms with van der Waals surface area (Å²) in [6.07, 6.45) is 0. The zero-order valence-electron chi connectivity index (χ0n) is 16.9. The summed E-state index contributed by atoms with van der Waals surface area (Å²) in [5.41, 5.74) is 0.595. The van der Waals surface area contributed by atoms with Gasteiger partial charge in [-0.2, -0.15) is 0 Å². The second-order valence-corrected chi connectivity index (χ2v) is 6.18. The number of anilines is 1. The van der Waals surface area contributed by atoms with E-state index in [1.54, 1.807) is 6.07 Å². The fourth-order valence-corrected chi connectivity index (χ4v) is 2.43. The number of carbonyl (C=O) groups excluding carboxylic acids is 3. The molecule has 8 nitrogen and oxygen atoms in total. The van der Waals surface area contributed by atoms with Gasteiger partial charge in [0.2, 0.25) is 5.91 Å². The molecule has 160 valence electrons. The van der Waals surface area contributed by atoms with Crippen molar-refractivity contribution in [2.75, 3.05) is 39.2 Å². The summed E-state index contributed by atoms with van der Waals surface area (Å²) in [7, 11) is 2.85. The summed E-state index contributed by atoms with van der Waals surface area (Å²) in [5.74, 6) is -1.32. The minimum absolute atomic E-state index is 0.194. The van der Waals surface area contributed by atoms with Crippen molar-refractivity contribution in [3.8, 4) is 11.5 Å². The molecule has 2 aromatic carbocycles. The summed E-state index contributed by atoms with van der Waals surface area (Å²) >= 11 is 0. The van der Waals surface area contributed by atoms with Gasteiger partial charge in [-0.15, -0.1) is 0 Å². The lowest BCUT2D eigenvalue weighted by atomic mass is 10.2. The van der Waals surface area contributed by atoms with Crippen LogP contribution in [0.3, 0.4) is 0 Å². The Morgan fingerprint density at radius 2 is 1.77 bits per heavy atom. The first-order valence-corrected chi connectivity index (χ1v) is 9.11. The molecule has 2 amide bonds. The molecule has 0 aliphatic carbocycles. The average molecular weight is 418 g/mol. The van der Waals surface area contributed by atoms with E-state index in [2.05, 4.69) is 5.32 Å². The molecule has 0 atom stereocenters. The highest BCUT2D eigenvalue weighted by atomic mass is 19.1. The highest BCUT2D eigenvalue weighted by molar-refractivity contribution is 5.95. The van der Waals surface area contributed by atoms with Gasteiger partial charge < -0.3 is 24.4 Å². The molecule has 0 heterocycles. The SMILES string of the molecule is CCOc1ccc(C(=O)OCC(=O)N(C)CC(=O)Nc2ccc(F)cc2)cc1OC. The molecule has 9 heteroatoms. The van der Waals surface area contributed by atoms with Crippen LogP contribution in [0.1, 0.15) is 17.3 Å². The van der Waals surface area contributed by atoms with Gasteiger partial charge in [0.25, 0.3) is 5.91 Å². The largest absolute Gasteiger partial charge is 0.493 e. The van der Waals surface area contributed by atoms with Gasteiger partial charge in [-0.05, 0) is 49.4 Å². The van der Waals surface area contributed by atoms with E-state index in [1.807, 2.05) is 6.92 Å². The summed E-state index contributed by atoms with van der Waals surface area (Å²) in [4.78, 5) is 37.5. The van der Waals surface area contributed by atoms with Gasteiger partial charge in [0, 0.05) is 12.7 Å². The van der Waals surface area contributed by atoms with Gasteiger partial charge in [0.1, 0.15) is 5.82 Å². The van der Waals surface area contributed by atoms with Gasteiger partial charge in [-0.25, -0.2) is 9.18 Å². The van der Waals surface area contributed by atoms with Crippen LogP contribution < -0.4 is 14.8 Å². The van der Waals surface area contributed by atoms with E-state index >= 15 is 0 Å². The highest BCUT2D eigenvalue weighted by Gasteiger charge is 2.17. The highest BCUT2D eigenvalue weighted by Crippen LogP contribution is 2.28. The molecule has 0 bridgehead atoms. The Morgan fingerprint density at radius 3 is 2.40 bits per heavy atom. The standard InChI is InChI=1S/C21H23FN2O6/c1-4-29-17-10-5-14(11-18(17)28-3)21(27)30-13-20(26)24(2)12-19(25)23-16-8-6-15(22)7-9-16/h5-11H,4,12-13H2,1-3H3,(H,23,25). The number of methoxy groups -OCH3 is 1. The van der Waals surface area contributed by atoms with Crippen molar-refractivity contribution in [3.63, 3.8) is 0 Å². The van der Waals surface area contributed by atoms with Crippen molar-refractivity contribution >= 4 is 23.5 Å². The molecule has 1 N–H and O–H groups in total. The van der Waals surface area contributed by atoms with Crippen molar-refractivity contribution in [1.82, 2.24) is 4.90 Å². The van der Waals surface area contributed by atoms with Crippen LogP contribution in [0, 0.1) is 5.82 Å².